The first-order chi connectivity index (χ1) is 10.5. The number of hydrogen-bond acceptors (Lipinski definition) is 4. The zero-order valence-electron chi connectivity index (χ0n) is 14.3. The van der Waals surface area contributed by atoms with Gasteiger partial charge in [-0.3, -0.25) is 0 Å². The van der Waals surface area contributed by atoms with E-state index in [1.807, 2.05) is 0 Å². The molecule has 0 bridgehead atoms. The Labute approximate surface area is 136 Å². The van der Waals surface area contributed by atoms with Crippen LogP contribution in [-0.4, -0.2) is 36.2 Å². The van der Waals surface area contributed by atoms with E-state index in [0.717, 1.165) is 0 Å². The summed E-state index contributed by atoms with van der Waals surface area (Å²) in [6.07, 6.45) is -0.123. The number of carbonyl (C=O) groups excluding carboxylic acids is 2. The van der Waals surface area contributed by atoms with Crippen molar-refractivity contribution in [2.45, 2.75) is 77.4 Å². The maximum atomic E-state index is 13.2. The predicted molar refractivity (Wildman–Crippen MR) is 81.3 cm³/mol. The van der Waals surface area contributed by atoms with Gasteiger partial charge < -0.3 is 14.8 Å². The first kappa shape index (κ1) is 19.6. The van der Waals surface area contributed by atoms with Gasteiger partial charge >= 0.3 is 12.1 Å². The molecule has 1 unspecified atom stereocenters. The van der Waals surface area contributed by atoms with E-state index in [0.29, 0.717) is 12.8 Å². The van der Waals surface area contributed by atoms with Crippen molar-refractivity contribution in [1.29, 1.82) is 0 Å². The number of alkyl carbamates (subject to hydrolysis) is 1. The number of nitrogens with one attached hydrogen (secondary N) is 1. The van der Waals surface area contributed by atoms with Crippen LogP contribution in [0.25, 0.3) is 0 Å². The van der Waals surface area contributed by atoms with Crippen molar-refractivity contribution < 1.29 is 27.8 Å². The fourth-order valence-electron chi connectivity index (χ4n) is 2.58. The van der Waals surface area contributed by atoms with Crippen LogP contribution in [0.1, 0.15) is 59.8 Å². The second kappa shape index (κ2) is 7.93. The van der Waals surface area contributed by atoms with Crippen molar-refractivity contribution in [1.82, 2.24) is 5.32 Å². The van der Waals surface area contributed by atoms with Gasteiger partial charge in [0.05, 0.1) is 6.61 Å². The Balaban J connectivity index is 2.62. The molecule has 0 spiro atoms. The first-order valence-electron chi connectivity index (χ1n) is 8.06. The van der Waals surface area contributed by atoms with Crippen LogP contribution in [0.15, 0.2) is 0 Å². The maximum absolute atomic E-state index is 13.2. The first-order valence-corrected chi connectivity index (χ1v) is 8.06. The summed E-state index contributed by atoms with van der Waals surface area (Å²) >= 11 is 0. The molecule has 1 amide bonds. The average molecular weight is 335 g/mol. The molecule has 0 heterocycles. The molecule has 1 atom stereocenters. The highest BCUT2D eigenvalue weighted by atomic mass is 19.3. The van der Waals surface area contributed by atoms with Gasteiger partial charge in [-0.25, -0.2) is 18.4 Å². The summed E-state index contributed by atoms with van der Waals surface area (Å²) in [5, 5.41) is 2.50. The summed E-state index contributed by atoms with van der Waals surface area (Å²) in [6, 6.07) is -0.874. The predicted octanol–water partition coefficient (Wildman–Crippen LogP) is 3.66. The van der Waals surface area contributed by atoms with Crippen molar-refractivity contribution in [3.63, 3.8) is 0 Å². The third-order valence-corrected chi connectivity index (χ3v) is 3.67. The fraction of sp³-hybridized carbons (Fsp3) is 0.875. The lowest BCUT2D eigenvalue weighted by molar-refractivity contribution is -0.146. The summed E-state index contributed by atoms with van der Waals surface area (Å²) in [4.78, 5) is 23.9. The molecule has 0 aromatic heterocycles. The van der Waals surface area contributed by atoms with Gasteiger partial charge in [-0.05, 0) is 52.9 Å². The molecule has 1 N–H and O–H groups in total. The minimum absolute atomic E-state index is 0.0426. The highest BCUT2D eigenvalue weighted by molar-refractivity contribution is 5.81. The number of halogens is 2. The van der Waals surface area contributed by atoms with Crippen molar-refractivity contribution in [3.8, 4) is 0 Å². The second-order valence-corrected chi connectivity index (χ2v) is 6.99. The Morgan fingerprint density at radius 1 is 1.26 bits per heavy atom. The molecule has 23 heavy (non-hydrogen) atoms. The lowest BCUT2D eigenvalue weighted by atomic mass is 9.83. The average Bonchev–Trinajstić information content (AvgIpc) is 2.38. The summed E-state index contributed by atoms with van der Waals surface area (Å²) in [5.74, 6) is -3.22. The molecule has 0 saturated heterocycles. The Morgan fingerprint density at radius 2 is 1.83 bits per heavy atom. The van der Waals surface area contributed by atoms with E-state index in [-0.39, 0.29) is 31.8 Å². The topological polar surface area (TPSA) is 64.6 Å². The van der Waals surface area contributed by atoms with E-state index in [1.54, 1.807) is 27.7 Å². The molecule has 0 aromatic carbocycles. The van der Waals surface area contributed by atoms with E-state index in [4.69, 9.17) is 9.47 Å². The third-order valence-electron chi connectivity index (χ3n) is 3.67. The quantitative estimate of drug-likeness (QED) is 0.779. The molecule has 5 nitrogen and oxygen atoms in total. The number of ether oxygens (including phenoxy) is 2. The maximum Gasteiger partial charge on any atom is 0.408 e. The summed E-state index contributed by atoms with van der Waals surface area (Å²) in [6.45, 7) is 7.01. The smallest absolute Gasteiger partial charge is 0.408 e. The van der Waals surface area contributed by atoms with Crippen LogP contribution >= 0.6 is 0 Å². The number of amides is 1. The summed E-state index contributed by atoms with van der Waals surface area (Å²) < 4.78 is 36.5. The number of carbonyl (C=O) groups is 2. The fourth-order valence-corrected chi connectivity index (χ4v) is 2.58. The van der Waals surface area contributed by atoms with Crippen LogP contribution in [0, 0.1) is 5.92 Å². The summed E-state index contributed by atoms with van der Waals surface area (Å²) in [7, 11) is 0. The van der Waals surface area contributed by atoms with Crippen molar-refractivity contribution in [2.75, 3.05) is 6.61 Å². The van der Waals surface area contributed by atoms with Gasteiger partial charge in [0.15, 0.2) is 0 Å². The van der Waals surface area contributed by atoms with Gasteiger partial charge in [0, 0.05) is 12.8 Å². The SMILES string of the molecule is CCOC(=O)C(CC1CCC(F)(F)CC1)NC(=O)OC(C)(C)C. The van der Waals surface area contributed by atoms with Crippen molar-refractivity contribution in [3.05, 3.63) is 0 Å². The Hall–Kier alpha value is -1.40. The van der Waals surface area contributed by atoms with Gasteiger partial charge in [0.25, 0.3) is 0 Å². The Morgan fingerprint density at radius 3 is 2.30 bits per heavy atom. The number of hydrogen-bond donors (Lipinski definition) is 1. The number of rotatable bonds is 5. The zero-order valence-corrected chi connectivity index (χ0v) is 14.3. The van der Waals surface area contributed by atoms with Gasteiger partial charge in [-0.1, -0.05) is 0 Å². The molecule has 1 aliphatic rings. The van der Waals surface area contributed by atoms with Crippen LogP contribution in [0.5, 0.6) is 0 Å². The van der Waals surface area contributed by atoms with Crippen molar-refractivity contribution >= 4 is 12.1 Å². The summed E-state index contributed by atoms with van der Waals surface area (Å²) in [5.41, 5.74) is -0.684. The van der Waals surface area contributed by atoms with Gasteiger partial charge in [-0.2, -0.15) is 0 Å². The molecule has 7 heteroatoms. The van der Waals surface area contributed by atoms with E-state index >= 15 is 0 Å². The normalized spacial score (nSPS) is 19.7. The number of esters is 1. The van der Waals surface area contributed by atoms with E-state index in [1.165, 1.54) is 0 Å². The highest BCUT2D eigenvalue weighted by Crippen LogP contribution is 2.37. The molecular formula is C16H27F2NO4. The zero-order chi connectivity index (χ0) is 17.7. The molecule has 0 radical (unpaired) electrons. The van der Waals surface area contributed by atoms with Crippen LogP contribution in [0.2, 0.25) is 0 Å². The van der Waals surface area contributed by atoms with Crippen LogP contribution in [-0.2, 0) is 14.3 Å². The molecule has 0 aliphatic heterocycles. The van der Waals surface area contributed by atoms with Gasteiger partial charge in [0.2, 0.25) is 5.92 Å². The minimum atomic E-state index is -2.62. The Kier molecular flexibility index (Phi) is 6.77. The van der Waals surface area contributed by atoms with Gasteiger partial charge in [0.1, 0.15) is 11.6 Å². The van der Waals surface area contributed by atoms with E-state index in [9.17, 15) is 18.4 Å². The minimum Gasteiger partial charge on any atom is -0.464 e. The molecule has 0 aromatic rings. The molecule has 1 aliphatic carbocycles. The molecule has 1 fully saturated rings. The van der Waals surface area contributed by atoms with Gasteiger partial charge in [-0.15, -0.1) is 0 Å². The van der Waals surface area contributed by atoms with E-state index < -0.39 is 29.6 Å². The molecule has 134 valence electrons. The van der Waals surface area contributed by atoms with E-state index in [2.05, 4.69) is 5.32 Å². The largest absolute Gasteiger partial charge is 0.464 e. The Bertz CT molecular complexity index is 411. The van der Waals surface area contributed by atoms with Crippen molar-refractivity contribution in [2.24, 2.45) is 5.92 Å². The van der Waals surface area contributed by atoms with Crippen LogP contribution < -0.4 is 5.32 Å². The molecular weight excluding hydrogens is 308 g/mol. The van der Waals surface area contributed by atoms with Crippen LogP contribution in [0.4, 0.5) is 13.6 Å². The third kappa shape index (κ3) is 7.61. The molecule has 1 rings (SSSR count). The second-order valence-electron chi connectivity index (χ2n) is 6.99. The lowest BCUT2D eigenvalue weighted by Gasteiger charge is -2.30. The lowest BCUT2D eigenvalue weighted by Crippen LogP contribution is -2.45. The standard InChI is InChI=1S/C16H27F2NO4/c1-5-22-13(20)12(19-14(21)23-15(2,3)4)10-11-6-8-16(17,18)9-7-11/h11-12H,5-10H2,1-4H3,(H,19,21). The molecule has 1 saturated carbocycles. The monoisotopic (exact) mass is 335 g/mol. The van der Waals surface area contributed by atoms with Crippen LogP contribution in [0.3, 0.4) is 0 Å². The number of alkyl halides is 2. The highest BCUT2D eigenvalue weighted by Gasteiger charge is 2.37.